The molecule has 86 valence electrons. The molecule has 1 amide bonds. The molecule has 5 heteroatoms. The van der Waals surface area contributed by atoms with E-state index in [-0.39, 0.29) is 0 Å². The lowest BCUT2D eigenvalue weighted by Crippen LogP contribution is -2.34. The molecule has 1 aromatic carbocycles. The molecule has 1 rings (SSSR count). The van der Waals surface area contributed by atoms with Gasteiger partial charge < -0.3 is 15.7 Å². The first-order chi connectivity index (χ1) is 7.54. The van der Waals surface area contributed by atoms with Crippen molar-refractivity contribution in [2.75, 3.05) is 7.11 Å². The van der Waals surface area contributed by atoms with Crippen LogP contribution in [0.3, 0.4) is 0 Å². The van der Waals surface area contributed by atoms with E-state index in [0.717, 1.165) is 0 Å². The zero-order valence-electron chi connectivity index (χ0n) is 9.21. The van der Waals surface area contributed by atoms with Gasteiger partial charge in [-0.25, -0.2) is 0 Å². The van der Waals surface area contributed by atoms with Gasteiger partial charge in [0.15, 0.2) is 6.21 Å². The van der Waals surface area contributed by atoms with E-state index in [1.807, 2.05) is 0 Å². The number of hydroxylamine groups is 1. The minimum Gasteiger partial charge on any atom is -0.623 e. The number of carbonyl (C=O) groups is 1. The highest BCUT2D eigenvalue weighted by molar-refractivity contribution is 5.81. The summed E-state index contributed by atoms with van der Waals surface area (Å²) in [4.78, 5) is 10.8. The van der Waals surface area contributed by atoms with Gasteiger partial charge in [0.25, 0.3) is 5.91 Å². The fourth-order valence-electron chi connectivity index (χ4n) is 1.07. The molecule has 1 atom stereocenters. The third kappa shape index (κ3) is 2.98. The van der Waals surface area contributed by atoms with E-state index in [0.29, 0.717) is 16.1 Å². The van der Waals surface area contributed by atoms with E-state index >= 15 is 0 Å². The van der Waals surface area contributed by atoms with Crippen LogP contribution in [0.2, 0.25) is 0 Å². The molecule has 0 fully saturated rings. The number of carbonyl (C=O) groups excluding carboxylic acids is 1. The van der Waals surface area contributed by atoms with Gasteiger partial charge in [-0.3, -0.25) is 4.79 Å². The van der Waals surface area contributed by atoms with E-state index in [1.54, 1.807) is 31.4 Å². The summed E-state index contributed by atoms with van der Waals surface area (Å²) in [5, 5.41) is 11.4. The maximum atomic E-state index is 11.4. The smallest absolute Gasteiger partial charge is 0.287 e. The van der Waals surface area contributed by atoms with Gasteiger partial charge in [-0.1, -0.05) is 0 Å². The maximum absolute atomic E-state index is 11.4. The topological polar surface area (TPSA) is 78.4 Å². The fraction of sp³-hybridized carbons (Fsp3) is 0.273. The molecule has 2 N–H and O–H groups in total. The second kappa shape index (κ2) is 5.16. The number of amides is 1. The summed E-state index contributed by atoms with van der Waals surface area (Å²) in [5.74, 6) is 0.0531. The van der Waals surface area contributed by atoms with Crippen LogP contribution in [-0.2, 0) is 4.79 Å². The van der Waals surface area contributed by atoms with Crippen molar-refractivity contribution in [2.24, 2.45) is 5.73 Å². The number of benzene rings is 1. The minimum atomic E-state index is -0.873. The first-order valence-electron chi connectivity index (χ1n) is 4.78. The summed E-state index contributed by atoms with van der Waals surface area (Å²) in [6.07, 6.45) is 1.31. The predicted octanol–water partition coefficient (Wildman–Crippen LogP) is 0.498. The van der Waals surface area contributed by atoms with Crippen LogP contribution in [0, 0.1) is 5.21 Å². The SMILES string of the molecule is COc1ccc(/C=[N+](\[O-])C(C)C(N)=O)cc1. The van der Waals surface area contributed by atoms with E-state index in [9.17, 15) is 10.0 Å². The van der Waals surface area contributed by atoms with E-state index < -0.39 is 11.9 Å². The van der Waals surface area contributed by atoms with Crippen molar-refractivity contribution < 1.29 is 14.3 Å². The maximum Gasteiger partial charge on any atom is 0.287 e. The molecular formula is C11H14N2O3. The van der Waals surface area contributed by atoms with Crippen molar-refractivity contribution >= 4 is 12.1 Å². The van der Waals surface area contributed by atoms with Crippen molar-refractivity contribution in [3.63, 3.8) is 0 Å². The molecule has 1 aromatic rings. The average Bonchev–Trinajstić information content (AvgIpc) is 2.28. The van der Waals surface area contributed by atoms with Gasteiger partial charge in [-0.05, 0) is 24.3 Å². The quantitative estimate of drug-likeness (QED) is 0.348. The number of rotatable bonds is 4. The molecule has 0 heterocycles. The molecule has 1 unspecified atom stereocenters. The van der Waals surface area contributed by atoms with Crippen LogP contribution in [0.15, 0.2) is 24.3 Å². The molecule has 16 heavy (non-hydrogen) atoms. The summed E-state index contributed by atoms with van der Waals surface area (Å²) in [5.41, 5.74) is 5.70. The highest BCUT2D eigenvalue weighted by Crippen LogP contribution is 2.09. The normalized spacial score (nSPS) is 13.2. The number of nitrogens with two attached hydrogens (primary N) is 1. The Morgan fingerprint density at radius 2 is 2.06 bits per heavy atom. The van der Waals surface area contributed by atoms with Crippen molar-refractivity contribution in [1.82, 2.24) is 0 Å². The van der Waals surface area contributed by atoms with Gasteiger partial charge in [0.1, 0.15) is 5.75 Å². The lowest BCUT2D eigenvalue weighted by Gasteiger charge is -2.08. The Hall–Kier alpha value is -2.04. The van der Waals surface area contributed by atoms with Crippen LogP contribution in [-0.4, -0.2) is 30.0 Å². The highest BCUT2D eigenvalue weighted by Gasteiger charge is 2.15. The zero-order chi connectivity index (χ0) is 12.1. The van der Waals surface area contributed by atoms with Gasteiger partial charge in [0, 0.05) is 12.5 Å². The van der Waals surface area contributed by atoms with Gasteiger partial charge in [-0.2, -0.15) is 4.74 Å². The van der Waals surface area contributed by atoms with Crippen LogP contribution < -0.4 is 10.5 Å². The first-order valence-corrected chi connectivity index (χ1v) is 4.78. The highest BCUT2D eigenvalue weighted by atomic mass is 16.5. The van der Waals surface area contributed by atoms with Crippen molar-refractivity contribution in [3.05, 3.63) is 35.0 Å². The van der Waals surface area contributed by atoms with Crippen molar-refractivity contribution in [2.45, 2.75) is 13.0 Å². The zero-order valence-corrected chi connectivity index (χ0v) is 9.21. The average molecular weight is 222 g/mol. The Balaban J connectivity index is 2.85. The summed E-state index contributed by atoms with van der Waals surface area (Å²) >= 11 is 0. The molecule has 0 aliphatic carbocycles. The lowest BCUT2D eigenvalue weighted by molar-refractivity contribution is -0.476. The summed E-state index contributed by atoms with van der Waals surface area (Å²) in [6.45, 7) is 1.45. The number of ether oxygens (including phenoxy) is 1. The van der Waals surface area contributed by atoms with Crippen molar-refractivity contribution in [1.29, 1.82) is 0 Å². The summed E-state index contributed by atoms with van der Waals surface area (Å²) in [6, 6.07) is 6.03. The Bertz CT molecular complexity index is 398. The number of primary amides is 1. The number of hydrogen-bond donors (Lipinski definition) is 1. The predicted molar refractivity (Wildman–Crippen MR) is 60.4 cm³/mol. The first kappa shape index (κ1) is 12.0. The van der Waals surface area contributed by atoms with Gasteiger partial charge in [-0.15, -0.1) is 0 Å². The molecule has 0 aliphatic rings. The lowest BCUT2D eigenvalue weighted by atomic mass is 10.2. The standard InChI is InChI=1S/C11H14N2O3/c1-8(11(12)14)13(15)7-9-3-5-10(16-2)6-4-9/h3-8H,1-2H3,(H2,12,14)/b13-7-. The Kier molecular flexibility index (Phi) is 3.88. The van der Waals surface area contributed by atoms with Gasteiger partial charge in [0.05, 0.1) is 7.11 Å². The van der Waals surface area contributed by atoms with Gasteiger partial charge >= 0.3 is 0 Å². The van der Waals surface area contributed by atoms with Gasteiger partial charge in [0.2, 0.25) is 6.04 Å². The second-order valence-electron chi connectivity index (χ2n) is 3.34. The van der Waals surface area contributed by atoms with Crippen LogP contribution in [0.1, 0.15) is 12.5 Å². The minimum absolute atomic E-state index is 0.532. The molecule has 0 bridgehead atoms. The van der Waals surface area contributed by atoms with Crippen LogP contribution >= 0.6 is 0 Å². The molecule has 0 saturated carbocycles. The third-order valence-corrected chi connectivity index (χ3v) is 2.19. The molecule has 0 radical (unpaired) electrons. The Labute approximate surface area is 93.7 Å². The molecule has 5 nitrogen and oxygen atoms in total. The molecular weight excluding hydrogens is 208 g/mol. The number of methoxy groups -OCH3 is 1. The summed E-state index contributed by atoms with van der Waals surface area (Å²) in [7, 11) is 1.56. The molecule has 0 saturated heterocycles. The van der Waals surface area contributed by atoms with Crippen LogP contribution in [0.25, 0.3) is 0 Å². The molecule has 0 aromatic heterocycles. The summed E-state index contributed by atoms with van der Waals surface area (Å²) < 4.78 is 5.51. The molecule has 0 aliphatic heterocycles. The third-order valence-electron chi connectivity index (χ3n) is 2.19. The monoisotopic (exact) mass is 222 g/mol. The number of nitrogens with zero attached hydrogens (tertiary/aromatic N) is 1. The van der Waals surface area contributed by atoms with E-state index in [2.05, 4.69) is 0 Å². The Morgan fingerprint density at radius 3 is 2.50 bits per heavy atom. The van der Waals surface area contributed by atoms with Crippen LogP contribution in [0.5, 0.6) is 5.75 Å². The van der Waals surface area contributed by atoms with Crippen molar-refractivity contribution in [3.8, 4) is 5.75 Å². The van der Waals surface area contributed by atoms with E-state index in [1.165, 1.54) is 13.1 Å². The van der Waals surface area contributed by atoms with E-state index in [4.69, 9.17) is 10.5 Å². The Morgan fingerprint density at radius 1 is 1.50 bits per heavy atom. The fourth-order valence-corrected chi connectivity index (χ4v) is 1.07. The second-order valence-corrected chi connectivity index (χ2v) is 3.34. The molecule has 0 spiro atoms. The number of hydrogen-bond acceptors (Lipinski definition) is 3. The largest absolute Gasteiger partial charge is 0.623 e. The van der Waals surface area contributed by atoms with Crippen LogP contribution in [0.4, 0.5) is 0 Å².